The highest BCUT2D eigenvalue weighted by atomic mass is 16.5. The van der Waals surface area contributed by atoms with Gasteiger partial charge in [-0.05, 0) is 26.7 Å². The number of carbonyl (C=O) groups is 1. The van der Waals surface area contributed by atoms with Crippen molar-refractivity contribution < 1.29 is 9.53 Å². The fourth-order valence-electron chi connectivity index (χ4n) is 1.38. The maximum atomic E-state index is 11.4. The van der Waals surface area contributed by atoms with Crippen molar-refractivity contribution >= 4 is 5.97 Å². The molecule has 0 fully saturated rings. The summed E-state index contributed by atoms with van der Waals surface area (Å²) in [4.78, 5) is 11.4. The van der Waals surface area contributed by atoms with Gasteiger partial charge in [-0.3, -0.25) is 10.1 Å². The molecule has 84 valence electrons. The van der Waals surface area contributed by atoms with Crippen molar-refractivity contribution in [2.45, 2.75) is 52.6 Å². The summed E-state index contributed by atoms with van der Waals surface area (Å²) in [5.74, 6) is 0.339. The van der Waals surface area contributed by atoms with E-state index in [1.54, 1.807) is 0 Å². The van der Waals surface area contributed by atoms with Crippen molar-refractivity contribution in [2.24, 2.45) is 5.92 Å². The van der Waals surface area contributed by atoms with E-state index < -0.39 is 5.54 Å². The van der Waals surface area contributed by atoms with E-state index in [0.717, 1.165) is 6.42 Å². The van der Waals surface area contributed by atoms with Gasteiger partial charge in [0.15, 0.2) is 0 Å². The molecular weight excluding hydrogens is 178 g/mol. The van der Waals surface area contributed by atoms with Crippen LogP contribution in [0.3, 0.4) is 0 Å². The third kappa shape index (κ3) is 3.66. The largest absolute Gasteiger partial charge is 0.468 e. The number of hydrogen-bond donors (Lipinski definition) is 1. The van der Waals surface area contributed by atoms with Crippen LogP contribution in [0.25, 0.3) is 0 Å². The quantitative estimate of drug-likeness (QED) is 0.691. The standard InChI is InChI=1S/C11H23NO2/c1-7-8(2)9(3)12-11(4,5)10(13)14-6/h8-9,12H,7H2,1-6H3. The van der Waals surface area contributed by atoms with E-state index in [-0.39, 0.29) is 5.97 Å². The highest BCUT2D eigenvalue weighted by Crippen LogP contribution is 2.12. The molecule has 0 aliphatic rings. The van der Waals surface area contributed by atoms with Gasteiger partial charge in [0.05, 0.1) is 7.11 Å². The summed E-state index contributed by atoms with van der Waals surface area (Å²) >= 11 is 0. The molecule has 0 amide bonds. The van der Waals surface area contributed by atoms with E-state index >= 15 is 0 Å². The Bertz CT molecular complexity index is 190. The number of rotatable bonds is 5. The zero-order valence-corrected chi connectivity index (χ0v) is 10.2. The van der Waals surface area contributed by atoms with Gasteiger partial charge in [0, 0.05) is 6.04 Å². The monoisotopic (exact) mass is 201 g/mol. The normalized spacial score (nSPS) is 16.1. The Kier molecular flexibility index (Phi) is 5.13. The van der Waals surface area contributed by atoms with E-state index in [9.17, 15) is 4.79 Å². The van der Waals surface area contributed by atoms with Gasteiger partial charge in [-0.25, -0.2) is 0 Å². The van der Waals surface area contributed by atoms with Crippen LogP contribution in [0.1, 0.15) is 41.0 Å². The van der Waals surface area contributed by atoms with Gasteiger partial charge in [0.1, 0.15) is 5.54 Å². The van der Waals surface area contributed by atoms with Gasteiger partial charge in [-0.2, -0.15) is 0 Å². The van der Waals surface area contributed by atoms with Gasteiger partial charge in [0.25, 0.3) is 0 Å². The summed E-state index contributed by atoms with van der Waals surface area (Å²) < 4.78 is 4.73. The number of esters is 1. The fraction of sp³-hybridized carbons (Fsp3) is 0.909. The molecule has 0 heterocycles. The number of ether oxygens (including phenoxy) is 1. The lowest BCUT2D eigenvalue weighted by Crippen LogP contribution is -2.52. The molecule has 0 rings (SSSR count). The maximum Gasteiger partial charge on any atom is 0.325 e. The lowest BCUT2D eigenvalue weighted by atomic mass is 9.96. The molecule has 2 unspecified atom stereocenters. The van der Waals surface area contributed by atoms with Crippen molar-refractivity contribution in [2.75, 3.05) is 7.11 Å². The molecule has 14 heavy (non-hydrogen) atoms. The lowest BCUT2D eigenvalue weighted by Gasteiger charge is -2.30. The number of hydrogen-bond acceptors (Lipinski definition) is 3. The Hall–Kier alpha value is -0.570. The van der Waals surface area contributed by atoms with Crippen LogP contribution >= 0.6 is 0 Å². The third-order valence-corrected chi connectivity index (χ3v) is 2.78. The minimum Gasteiger partial charge on any atom is -0.468 e. The van der Waals surface area contributed by atoms with Gasteiger partial charge in [0.2, 0.25) is 0 Å². The summed E-state index contributed by atoms with van der Waals surface area (Å²) in [6.07, 6.45) is 1.10. The minimum atomic E-state index is -0.600. The highest BCUT2D eigenvalue weighted by Gasteiger charge is 2.30. The first-order chi connectivity index (χ1) is 6.35. The molecule has 0 radical (unpaired) electrons. The molecule has 0 bridgehead atoms. The average molecular weight is 201 g/mol. The molecule has 0 spiro atoms. The minimum absolute atomic E-state index is 0.215. The Morgan fingerprint density at radius 3 is 2.29 bits per heavy atom. The predicted octanol–water partition coefficient (Wildman–Crippen LogP) is 1.96. The smallest absolute Gasteiger partial charge is 0.325 e. The molecule has 2 atom stereocenters. The Morgan fingerprint density at radius 1 is 1.43 bits per heavy atom. The first-order valence-electron chi connectivity index (χ1n) is 5.21. The summed E-state index contributed by atoms with van der Waals surface area (Å²) in [7, 11) is 1.42. The molecule has 0 aromatic carbocycles. The van der Waals surface area contributed by atoms with Crippen LogP contribution in [0.5, 0.6) is 0 Å². The van der Waals surface area contributed by atoms with E-state index in [2.05, 4.69) is 26.1 Å². The molecule has 3 heteroatoms. The molecular formula is C11H23NO2. The maximum absolute atomic E-state index is 11.4. The van der Waals surface area contributed by atoms with Gasteiger partial charge >= 0.3 is 5.97 Å². The van der Waals surface area contributed by atoms with Gasteiger partial charge in [-0.1, -0.05) is 20.3 Å². The van der Waals surface area contributed by atoms with Crippen LogP contribution in [-0.2, 0) is 9.53 Å². The SMILES string of the molecule is CCC(C)C(C)NC(C)(C)C(=O)OC. The van der Waals surface area contributed by atoms with Gasteiger partial charge < -0.3 is 4.74 Å². The molecule has 0 saturated carbocycles. The van der Waals surface area contributed by atoms with Crippen molar-refractivity contribution in [1.82, 2.24) is 5.32 Å². The van der Waals surface area contributed by atoms with Crippen molar-refractivity contribution in [3.05, 3.63) is 0 Å². The first kappa shape index (κ1) is 13.4. The molecule has 0 saturated heterocycles. The molecule has 1 N–H and O–H groups in total. The first-order valence-corrected chi connectivity index (χ1v) is 5.21. The molecule has 0 aliphatic heterocycles. The van der Waals surface area contributed by atoms with E-state index in [1.807, 2.05) is 13.8 Å². The summed E-state index contributed by atoms with van der Waals surface area (Å²) in [5, 5.41) is 3.28. The molecule has 3 nitrogen and oxygen atoms in total. The van der Waals surface area contributed by atoms with Crippen LogP contribution in [0.4, 0.5) is 0 Å². The van der Waals surface area contributed by atoms with Crippen LogP contribution < -0.4 is 5.32 Å². The fourth-order valence-corrected chi connectivity index (χ4v) is 1.38. The summed E-state index contributed by atoms with van der Waals surface area (Å²) in [5.41, 5.74) is -0.600. The zero-order chi connectivity index (χ0) is 11.4. The lowest BCUT2D eigenvalue weighted by molar-refractivity contribution is -0.147. The number of nitrogens with one attached hydrogen (secondary N) is 1. The summed E-state index contributed by atoms with van der Waals surface area (Å²) in [6, 6.07) is 0.314. The topological polar surface area (TPSA) is 38.3 Å². The molecule has 0 aromatic rings. The van der Waals surface area contributed by atoms with Gasteiger partial charge in [-0.15, -0.1) is 0 Å². The second-order valence-corrected chi connectivity index (χ2v) is 4.44. The Balaban J connectivity index is 4.28. The average Bonchev–Trinajstić information content (AvgIpc) is 2.14. The van der Waals surface area contributed by atoms with Crippen LogP contribution in [-0.4, -0.2) is 24.7 Å². The van der Waals surface area contributed by atoms with Crippen molar-refractivity contribution in [3.8, 4) is 0 Å². The molecule has 0 aromatic heterocycles. The summed E-state index contributed by atoms with van der Waals surface area (Å²) in [6.45, 7) is 10.1. The van der Waals surface area contributed by atoms with Crippen molar-refractivity contribution in [3.63, 3.8) is 0 Å². The van der Waals surface area contributed by atoms with Crippen LogP contribution in [0.2, 0.25) is 0 Å². The number of methoxy groups -OCH3 is 1. The zero-order valence-electron chi connectivity index (χ0n) is 10.2. The second-order valence-electron chi connectivity index (χ2n) is 4.44. The Labute approximate surface area is 87.2 Å². The Morgan fingerprint density at radius 2 is 1.93 bits per heavy atom. The van der Waals surface area contributed by atoms with E-state index in [1.165, 1.54) is 7.11 Å². The second kappa shape index (κ2) is 5.35. The highest BCUT2D eigenvalue weighted by molar-refractivity contribution is 5.79. The van der Waals surface area contributed by atoms with Crippen molar-refractivity contribution in [1.29, 1.82) is 0 Å². The van der Waals surface area contributed by atoms with E-state index in [0.29, 0.717) is 12.0 Å². The van der Waals surface area contributed by atoms with Crippen LogP contribution in [0, 0.1) is 5.92 Å². The number of carbonyl (C=O) groups excluding carboxylic acids is 1. The van der Waals surface area contributed by atoms with E-state index in [4.69, 9.17) is 4.74 Å². The predicted molar refractivity (Wildman–Crippen MR) is 58.1 cm³/mol. The molecule has 0 aliphatic carbocycles. The third-order valence-electron chi connectivity index (χ3n) is 2.78. The van der Waals surface area contributed by atoms with Crippen LogP contribution in [0.15, 0.2) is 0 Å².